The fourth-order valence-corrected chi connectivity index (χ4v) is 2.26. The Morgan fingerprint density at radius 3 is 2.85 bits per heavy atom. The highest BCUT2D eigenvalue weighted by Gasteiger charge is 2.33. The van der Waals surface area contributed by atoms with E-state index in [2.05, 4.69) is 0 Å². The quantitative estimate of drug-likeness (QED) is 0.663. The first-order valence-corrected chi connectivity index (χ1v) is 5.06. The highest BCUT2D eigenvalue weighted by molar-refractivity contribution is 7.99. The Balaban J connectivity index is 2.68. The van der Waals surface area contributed by atoms with Gasteiger partial charge in [-0.05, 0) is 13.0 Å². The van der Waals surface area contributed by atoms with Crippen molar-refractivity contribution in [2.75, 3.05) is 11.6 Å². The summed E-state index contributed by atoms with van der Waals surface area (Å²) in [5.41, 5.74) is 0. The normalized spacial score (nSPS) is 22.5. The number of carboxylic acid groups (broad SMARTS) is 1. The Kier molecular flexibility index (Phi) is 3.36. The van der Waals surface area contributed by atoms with Gasteiger partial charge in [0.15, 0.2) is 0 Å². The molecule has 1 saturated heterocycles. The lowest BCUT2D eigenvalue weighted by atomic mass is 10.3. The van der Waals surface area contributed by atoms with Crippen molar-refractivity contribution in [3.8, 4) is 0 Å². The first kappa shape index (κ1) is 10.1. The minimum atomic E-state index is -0.928. The summed E-state index contributed by atoms with van der Waals surface area (Å²) in [6.45, 7) is 1.73. The largest absolute Gasteiger partial charge is 0.480 e. The van der Waals surface area contributed by atoms with E-state index in [0.29, 0.717) is 11.6 Å². The number of thioether (sulfide) groups is 1. The van der Waals surface area contributed by atoms with Gasteiger partial charge in [0.05, 0.1) is 5.88 Å². The molecule has 1 heterocycles. The molecular weight excluding hydrogens is 190 g/mol. The molecule has 1 atom stereocenters. The molecule has 0 aromatic heterocycles. The number of rotatable bonds is 2. The minimum Gasteiger partial charge on any atom is -0.480 e. The van der Waals surface area contributed by atoms with Crippen molar-refractivity contribution in [1.82, 2.24) is 4.90 Å². The zero-order valence-corrected chi connectivity index (χ0v) is 8.08. The summed E-state index contributed by atoms with van der Waals surface area (Å²) in [5.74, 6) is -0.193. The van der Waals surface area contributed by atoms with Gasteiger partial charge in [-0.25, -0.2) is 4.79 Å². The van der Waals surface area contributed by atoms with Gasteiger partial charge in [-0.3, -0.25) is 4.79 Å². The van der Waals surface area contributed by atoms with Crippen molar-refractivity contribution in [1.29, 1.82) is 0 Å². The van der Waals surface area contributed by atoms with Gasteiger partial charge in [0, 0.05) is 5.75 Å². The second-order valence-electron chi connectivity index (χ2n) is 2.66. The summed E-state index contributed by atoms with van der Waals surface area (Å²) in [6.07, 6.45) is 3.01. The Morgan fingerprint density at radius 2 is 2.31 bits per heavy atom. The number of hydrogen-bond donors (Lipinski definition) is 1. The summed E-state index contributed by atoms with van der Waals surface area (Å²) >= 11 is 1.46. The molecule has 0 unspecified atom stereocenters. The van der Waals surface area contributed by atoms with Crippen LogP contribution in [0.1, 0.15) is 6.92 Å². The Bertz CT molecular complexity index is 252. The maximum Gasteiger partial charge on any atom is 0.327 e. The average Bonchev–Trinajstić information content (AvgIpc) is 2.52. The number of carboxylic acids is 1. The lowest BCUT2D eigenvalue weighted by molar-refractivity contribution is -0.146. The van der Waals surface area contributed by atoms with Crippen LogP contribution in [0.5, 0.6) is 0 Å². The van der Waals surface area contributed by atoms with E-state index in [1.807, 2.05) is 0 Å². The lowest BCUT2D eigenvalue weighted by Gasteiger charge is -2.18. The van der Waals surface area contributed by atoms with E-state index in [0.717, 1.165) is 0 Å². The van der Waals surface area contributed by atoms with Gasteiger partial charge in [0.25, 0.3) is 0 Å². The first-order valence-electron chi connectivity index (χ1n) is 3.90. The molecule has 4 nitrogen and oxygen atoms in total. The summed E-state index contributed by atoms with van der Waals surface area (Å²) in [6, 6.07) is -0.659. The van der Waals surface area contributed by atoms with Gasteiger partial charge in [0.1, 0.15) is 6.04 Å². The molecule has 5 heteroatoms. The predicted octanol–water partition coefficient (Wildman–Crippen LogP) is 0.549. The molecule has 13 heavy (non-hydrogen) atoms. The lowest BCUT2D eigenvalue weighted by Crippen LogP contribution is -2.40. The van der Waals surface area contributed by atoms with Crippen LogP contribution >= 0.6 is 11.8 Å². The van der Waals surface area contributed by atoms with E-state index in [9.17, 15) is 9.59 Å². The number of hydrogen-bond acceptors (Lipinski definition) is 3. The maximum atomic E-state index is 11.3. The molecule has 0 aromatic carbocycles. The van der Waals surface area contributed by atoms with Crippen LogP contribution in [-0.2, 0) is 9.59 Å². The Morgan fingerprint density at radius 1 is 1.62 bits per heavy atom. The van der Waals surface area contributed by atoms with Gasteiger partial charge in [0.2, 0.25) is 5.91 Å². The monoisotopic (exact) mass is 201 g/mol. The molecule has 1 fully saturated rings. The summed E-state index contributed by atoms with van der Waals surface area (Å²) in [4.78, 5) is 23.4. The second-order valence-corrected chi connectivity index (χ2v) is 3.66. The molecule has 1 rings (SSSR count). The molecule has 0 bridgehead atoms. The number of amides is 1. The van der Waals surface area contributed by atoms with Gasteiger partial charge in [-0.15, -0.1) is 11.8 Å². The molecule has 1 amide bonds. The number of nitrogens with zero attached hydrogens (tertiary/aromatic N) is 1. The zero-order valence-electron chi connectivity index (χ0n) is 7.27. The Labute approximate surface area is 80.6 Å². The number of carbonyl (C=O) groups excluding carboxylic acids is 1. The highest BCUT2D eigenvalue weighted by Crippen LogP contribution is 2.21. The maximum absolute atomic E-state index is 11.3. The summed E-state index contributed by atoms with van der Waals surface area (Å²) in [5, 5.41) is 8.77. The van der Waals surface area contributed by atoms with Crippen LogP contribution < -0.4 is 0 Å². The standard InChI is InChI=1S/C8H11NO3S/c1-2-3-7(10)9-5-13-4-6(9)8(11)12/h2-3,6H,4-5H2,1H3,(H,11,12)/b3-2+/t6-/m0/s1. The van der Waals surface area contributed by atoms with Gasteiger partial charge in [-0.2, -0.15) is 0 Å². The summed E-state index contributed by atoms with van der Waals surface area (Å²) in [7, 11) is 0. The van der Waals surface area contributed by atoms with Crippen LogP contribution in [0.4, 0.5) is 0 Å². The fourth-order valence-electron chi connectivity index (χ4n) is 1.10. The molecule has 0 saturated carbocycles. The molecule has 1 aliphatic rings. The van der Waals surface area contributed by atoms with Crippen LogP contribution in [0.3, 0.4) is 0 Å². The molecule has 0 aromatic rings. The molecule has 1 N–H and O–H groups in total. The smallest absolute Gasteiger partial charge is 0.327 e. The van der Waals surface area contributed by atoms with Gasteiger partial charge < -0.3 is 10.0 Å². The van der Waals surface area contributed by atoms with Crippen LogP contribution in [0.2, 0.25) is 0 Å². The predicted molar refractivity (Wildman–Crippen MR) is 50.4 cm³/mol. The third kappa shape index (κ3) is 2.24. The van der Waals surface area contributed by atoms with E-state index in [1.165, 1.54) is 22.7 Å². The van der Waals surface area contributed by atoms with Crippen molar-refractivity contribution in [2.45, 2.75) is 13.0 Å². The Hall–Kier alpha value is -0.970. The minimum absolute atomic E-state index is 0.222. The van der Waals surface area contributed by atoms with Gasteiger partial charge in [-0.1, -0.05) is 6.08 Å². The molecular formula is C8H11NO3S. The van der Waals surface area contributed by atoms with E-state index in [1.54, 1.807) is 13.0 Å². The molecule has 72 valence electrons. The number of aliphatic carboxylic acids is 1. The SMILES string of the molecule is C/C=C/C(=O)N1CSC[C@H]1C(=O)O. The van der Waals surface area contributed by atoms with E-state index in [-0.39, 0.29) is 5.91 Å². The second kappa shape index (κ2) is 4.32. The van der Waals surface area contributed by atoms with Crippen LogP contribution in [0.15, 0.2) is 12.2 Å². The van der Waals surface area contributed by atoms with Crippen molar-refractivity contribution in [2.24, 2.45) is 0 Å². The third-order valence-electron chi connectivity index (χ3n) is 1.76. The zero-order chi connectivity index (χ0) is 9.84. The average molecular weight is 201 g/mol. The van der Waals surface area contributed by atoms with E-state index >= 15 is 0 Å². The third-order valence-corrected chi connectivity index (χ3v) is 2.77. The molecule has 0 spiro atoms. The van der Waals surface area contributed by atoms with Crippen LogP contribution in [0, 0.1) is 0 Å². The van der Waals surface area contributed by atoms with Crippen molar-refractivity contribution < 1.29 is 14.7 Å². The van der Waals surface area contributed by atoms with Crippen LogP contribution in [0.25, 0.3) is 0 Å². The van der Waals surface area contributed by atoms with Crippen molar-refractivity contribution in [3.05, 3.63) is 12.2 Å². The van der Waals surface area contributed by atoms with E-state index in [4.69, 9.17) is 5.11 Å². The number of allylic oxidation sites excluding steroid dienone is 1. The fraction of sp³-hybridized carbons (Fsp3) is 0.500. The first-order chi connectivity index (χ1) is 6.16. The highest BCUT2D eigenvalue weighted by atomic mass is 32.2. The van der Waals surface area contributed by atoms with E-state index < -0.39 is 12.0 Å². The molecule has 0 aliphatic carbocycles. The molecule has 1 aliphatic heterocycles. The molecule has 0 radical (unpaired) electrons. The van der Waals surface area contributed by atoms with Crippen molar-refractivity contribution >= 4 is 23.6 Å². The topological polar surface area (TPSA) is 57.6 Å². The van der Waals surface area contributed by atoms with Gasteiger partial charge >= 0.3 is 5.97 Å². The van der Waals surface area contributed by atoms with Crippen LogP contribution in [-0.4, -0.2) is 39.6 Å². The van der Waals surface area contributed by atoms with Crippen molar-refractivity contribution in [3.63, 3.8) is 0 Å². The number of carbonyl (C=O) groups is 2. The summed E-state index contributed by atoms with van der Waals surface area (Å²) < 4.78 is 0.